The Labute approximate surface area is 158 Å². The molecule has 2 aliphatic rings. The quantitative estimate of drug-likeness (QED) is 0.760. The highest BCUT2D eigenvalue weighted by molar-refractivity contribution is 7.91. The Morgan fingerprint density at radius 1 is 1.04 bits per heavy atom. The van der Waals surface area contributed by atoms with Gasteiger partial charge in [-0.1, -0.05) is 18.2 Å². The van der Waals surface area contributed by atoms with Gasteiger partial charge in [0.1, 0.15) is 5.82 Å². The van der Waals surface area contributed by atoms with Gasteiger partial charge < -0.3 is 4.90 Å². The fraction of sp³-hybridized carbons (Fsp3) is 0.350. The molecule has 2 aliphatic heterocycles. The third kappa shape index (κ3) is 3.32. The van der Waals surface area contributed by atoms with Crippen molar-refractivity contribution in [3.05, 3.63) is 65.0 Å². The number of hydrogen-bond acceptors (Lipinski definition) is 3. The van der Waals surface area contributed by atoms with Crippen molar-refractivity contribution < 1.29 is 17.6 Å². The van der Waals surface area contributed by atoms with Crippen LogP contribution in [0.4, 0.5) is 14.9 Å². The molecule has 2 amide bonds. The number of amides is 2. The van der Waals surface area contributed by atoms with Gasteiger partial charge in [0.25, 0.3) is 0 Å². The van der Waals surface area contributed by atoms with Crippen LogP contribution in [0.15, 0.2) is 42.5 Å². The monoisotopic (exact) mass is 388 g/mol. The lowest BCUT2D eigenvalue weighted by Gasteiger charge is -2.23. The maximum atomic E-state index is 13.6. The molecule has 2 fully saturated rings. The van der Waals surface area contributed by atoms with Gasteiger partial charge in [-0.05, 0) is 54.8 Å². The zero-order valence-corrected chi connectivity index (χ0v) is 16.0. The van der Waals surface area contributed by atoms with Crippen LogP contribution in [0.3, 0.4) is 0 Å². The molecule has 0 bridgehead atoms. The third-order valence-corrected chi connectivity index (χ3v) is 6.90. The number of nitrogens with zero attached hydrogens (tertiary/aromatic N) is 2. The van der Waals surface area contributed by atoms with E-state index in [-0.39, 0.29) is 29.9 Å². The highest BCUT2D eigenvalue weighted by atomic mass is 32.2. The number of aryl methyl sites for hydroxylation is 2. The van der Waals surface area contributed by atoms with E-state index in [9.17, 15) is 17.6 Å². The van der Waals surface area contributed by atoms with Crippen molar-refractivity contribution in [1.82, 2.24) is 4.90 Å². The number of carbonyl (C=O) groups is 1. The van der Waals surface area contributed by atoms with E-state index in [0.717, 1.165) is 11.1 Å². The van der Waals surface area contributed by atoms with E-state index in [2.05, 4.69) is 0 Å². The second kappa shape index (κ2) is 6.34. The van der Waals surface area contributed by atoms with Crippen molar-refractivity contribution in [2.24, 2.45) is 0 Å². The SMILES string of the molecule is Cc1cc(C)cc(N2C(=O)N(Cc3cccc(F)c3)[C@H]3CS(=O)(=O)C[C@@H]32)c1. The smallest absolute Gasteiger partial charge is 0.314 e. The molecule has 2 aromatic carbocycles. The molecular formula is C20H21FN2O3S. The number of hydrogen-bond donors (Lipinski definition) is 0. The Kier molecular flexibility index (Phi) is 4.22. The van der Waals surface area contributed by atoms with E-state index < -0.39 is 21.9 Å². The van der Waals surface area contributed by atoms with E-state index in [1.54, 1.807) is 21.9 Å². The number of sulfone groups is 1. The second-order valence-corrected chi connectivity index (χ2v) is 9.62. The number of halogens is 1. The average Bonchev–Trinajstić information content (AvgIpc) is 2.98. The van der Waals surface area contributed by atoms with E-state index in [0.29, 0.717) is 11.3 Å². The zero-order valence-electron chi connectivity index (χ0n) is 15.2. The highest BCUT2D eigenvalue weighted by Crippen LogP contribution is 2.36. The van der Waals surface area contributed by atoms with Crippen molar-refractivity contribution in [3.63, 3.8) is 0 Å². The summed E-state index contributed by atoms with van der Waals surface area (Å²) in [6.45, 7) is 4.09. The summed E-state index contributed by atoms with van der Waals surface area (Å²) in [6.07, 6.45) is 0. The van der Waals surface area contributed by atoms with E-state index in [1.165, 1.54) is 12.1 Å². The normalized spacial score (nSPS) is 23.7. The van der Waals surface area contributed by atoms with E-state index in [1.807, 2.05) is 32.0 Å². The van der Waals surface area contributed by atoms with E-state index >= 15 is 0 Å². The van der Waals surface area contributed by atoms with Crippen molar-refractivity contribution in [2.75, 3.05) is 16.4 Å². The lowest BCUT2D eigenvalue weighted by atomic mass is 10.1. The molecule has 0 aromatic heterocycles. The fourth-order valence-corrected chi connectivity index (χ4v) is 6.14. The predicted molar refractivity (Wildman–Crippen MR) is 102 cm³/mol. The number of fused-ring (bicyclic) bond motifs is 1. The maximum Gasteiger partial charge on any atom is 0.325 e. The van der Waals surface area contributed by atoms with Crippen molar-refractivity contribution >= 4 is 21.6 Å². The van der Waals surface area contributed by atoms with Crippen molar-refractivity contribution in [2.45, 2.75) is 32.5 Å². The standard InChI is InChI=1S/C20H21FN2O3S/c1-13-6-14(2)8-17(7-13)23-19-12-27(25,26)11-18(19)22(20(23)24)10-15-4-3-5-16(21)9-15/h3-9,18-19H,10-12H2,1-2H3/t18-,19-/m0/s1. The molecule has 0 spiro atoms. The maximum absolute atomic E-state index is 13.6. The fourth-order valence-electron chi connectivity index (χ4n) is 4.19. The molecule has 0 radical (unpaired) electrons. The molecular weight excluding hydrogens is 367 g/mol. The lowest BCUT2D eigenvalue weighted by molar-refractivity contribution is 0.206. The van der Waals surface area contributed by atoms with Crippen LogP contribution in [0.5, 0.6) is 0 Å². The Morgan fingerprint density at radius 2 is 1.70 bits per heavy atom. The largest absolute Gasteiger partial charge is 0.325 e. The van der Waals surface area contributed by atoms with Gasteiger partial charge in [-0.15, -0.1) is 0 Å². The lowest BCUT2D eigenvalue weighted by Crippen LogP contribution is -2.37. The molecule has 0 unspecified atom stereocenters. The van der Waals surface area contributed by atoms with Crippen LogP contribution in [-0.4, -0.2) is 42.9 Å². The Bertz CT molecular complexity index is 1000. The van der Waals surface area contributed by atoms with Gasteiger partial charge in [0, 0.05) is 12.2 Å². The summed E-state index contributed by atoms with van der Waals surface area (Å²) in [4.78, 5) is 16.4. The zero-order chi connectivity index (χ0) is 19.3. The average molecular weight is 388 g/mol. The minimum Gasteiger partial charge on any atom is -0.314 e. The van der Waals surface area contributed by atoms with Crippen LogP contribution < -0.4 is 4.90 Å². The van der Waals surface area contributed by atoms with Gasteiger partial charge in [0.05, 0.1) is 23.6 Å². The molecule has 142 valence electrons. The Hall–Kier alpha value is -2.41. The summed E-state index contributed by atoms with van der Waals surface area (Å²) in [6, 6.07) is 10.8. The van der Waals surface area contributed by atoms with Crippen molar-refractivity contribution in [3.8, 4) is 0 Å². The number of carbonyl (C=O) groups excluding carboxylic acids is 1. The summed E-state index contributed by atoms with van der Waals surface area (Å²) in [5.74, 6) is -0.475. The molecule has 2 saturated heterocycles. The second-order valence-electron chi connectivity index (χ2n) is 7.47. The van der Waals surface area contributed by atoms with Crippen LogP contribution in [0.1, 0.15) is 16.7 Å². The number of rotatable bonds is 3. The number of benzene rings is 2. The number of anilines is 1. The molecule has 4 rings (SSSR count). The molecule has 2 atom stereocenters. The van der Waals surface area contributed by atoms with Crippen LogP contribution in [0.2, 0.25) is 0 Å². The Morgan fingerprint density at radius 3 is 2.37 bits per heavy atom. The van der Waals surface area contributed by atoms with Crippen LogP contribution in [0, 0.1) is 19.7 Å². The van der Waals surface area contributed by atoms with Crippen LogP contribution in [-0.2, 0) is 16.4 Å². The summed E-state index contributed by atoms with van der Waals surface area (Å²) in [7, 11) is -3.23. The first kappa shape index (κ1) is 18.0. The van der Waals surface area contributed by atoms with Gasteiger partial charge in [0.2, 0.25) is 0 Å². The van der Waals surface area contributed by atoms with Crippen LogP contribution in [0.25, 0.3) is 0 Å². The van der Waals surface area contributed by atoms with Crippen LogP contribution >= 0.6 is 0 Å². The third-order valence-electron chi connectivity index (χ3n) is 5.20. The first-order valence-corrected chi connectivity index (χ1v) is 10.7. The molecule has 27 heavy (non-hydrogen) atoms. The van der Waals surface area contributed by atoms with Crippen molar-refractivity contribution in [1.29, 1.82) is 0 Å². The van der Waals surface area contributed by atoms with Gasteiger partial charge in [0.15, 0.2) is 9.84 Å². The number of urea groups is 1. The molecule has 7 heteroatoms. The van der Waals surface area contributed by atoms with Gasteiger partial charge in [-0.2, -0.15) is 0 Å². The molecule has 0 aliphatic carbocycles. The summed E-state index contributed by atoms with van der Waals surface area (Å²) in [5.41, 5.74) is 3.39. The summed E-state index contributed by atoms with van der Waals surface area (Å²) in [5, 5.41) is 0. The molecule has 5 nitrogen and oxygen atoms in total. The minimum atomic E-state index is -3.23. The summed E-state index contributed by atoms with van der Waals surface area (Å²) < 4.78 is 38.1. The minimum absolute atomic E-state index is 0.0456. The predicted octanol–water partition coefficient (Wildman–Crippen LogP) is 3.05. The van der Waals surface area contributed by atoms with Gasteiger partial charge in [-0.25, -0.2) is 17.6 Å². The molecule has 0 saturated carbocycles. The van der Waals surface area contributed by atoms with E-state index in [4.69, 9.17) is 0 Å². The first-order valence-electron chi connectivity index (χ1n) is 8.86. The first-order chi connectivity index (χ1) is 12.7. The summed E-state index contributed by atoms with van der Waals surface area (Å²) >= 11 is 0. The molecule has 2 heterocycles. The molecule has 0 N–H and O–H groups in total. The Balaban J connectivity index is 1.73. The topological polar surface area (TPSA) is 57.7 Å². The molecule has 2 aromatic rings. The highest BCUT2D eigenvalue weighted by Gasteiger charge is 2.53. The van der Waals surface area contributed by atoms with Gasteiger partial charge in [-0.3, -0.25) is 4.90 Å². The van der Waals surface area contributed by atoms with Gasteiger partial charge >= 0.3 is 6.03 Å².